The van der Waals surface area contributed by atoms with Crippen molar-refractivity contribution in [1.82, 2.24) is 9.80 Å². The van der Waals surface area contributed by atoms with Crippen molar-refractivity contribution in [2.24, 2.45) is 5.92 Å². The number of hydrogen-bond acceptors (Lipinski definition) is 4. The van der Waals surface area contributed by atoms with E-state index in [0.717, 1.165) is 49.8 Å². The molecule has 1 aromatic rings. The summed E-state index contributed by atoms with van der Waals surface area (Å²) in [6.07, 6.45) is 0. The first-order valence-corrected chi connectivity index (χ1v) is 7.77. The summed E-state index contributed by atoms with van der Waals surface area (Å²) in [6, 6.07) is 5.86. The fourth-order valence-electron chi connectivity index (χ4n) is 2.74. The smallest absolute Gasteiger partial charge is 0.225 e. The highest BCUT2D eigenvalue weighted by atomic mass is 16.5. The summed E-state index contributed by atoms with van der Waals surface area (Å²) in [7, 11) is 3.35. The maximum absolute atomic E-state index is 12.0. The Hall–Kier alpha value is -1.75. The molecule has 0 atom stereocenters. The van der Waals surface area contributed by atoms with Gasteiger partial charge in [0.1, 0.15) is 11.5 Å². The van der Waals surface area contributed by atoms with E-state index in [2.05, 4.69) is 4.90 Å². The Morgan fingerprint density at radius 3 is 2.36 bits per heavy atom. The minimum Gasteiger partial charge on any atom is -0.497 e. The quantitative estimate of drug-likeness (QED) is 0.834. The van der Waals surface area contributed by atoms with Crippen LogP contribution < -0.4 is 9.47 Å². The Morgan fingerprint density at radius 1 is 1.14 bits per heavy atom. The number of nitrogens with zero attached hydrogens (tertiary/aromatic N) is 2. The molecule has 122 valence electrons. The molecule has 2 rings (SSSR count). The minimum absolute atomic E-state index is 0.0741. The molecule has 0 radical (unpaired) electrons. The molecule has 0 aromatic heterocycles. The Balaban J connectivity index is 1.97. The second-order valence-corrected chi connectivity index (χ2v) is 5.93. The summed E-state index contributed by atoms with van der Waals surface area (Å²) in [5.74, 6) is 2.04. The Kier molecular flexibility index (Phi) is 5.66. The van der Waals surface area contributed by atoms with E-state index in [4.69, 9.17) is 9.47 Å². The maximum atomic E-state index is 12.0. The molecule has 0 bridgehead atoms. The van der Waals surface area contributed by atoms with Gasteiger partial charge in [-0.15, -0.1) is 0 Å². The number of rotatable bonds is 5. The fourth-order valence-corrected chi connectivity index (χ4v) is 2.74. The van der Waals surface area contributed by atoms with Gasteiger partial charge < -0.3 is 14.4 Å². The molecular weight excluding hydrogens is 280 g/mol. The van der Waals surface area contributed by atoms with Gasteiger partial charge in [-0.3, -0.25) is 9.69 Å². The van der Waals surface area contributed by atoms with E-state index in [-0.39, 0.29) is 11.8 Å². The van der Waals surface area contributed by atoms with Crippen molar-refractivity contribution in [2.75, 3.05) is 40.4 Å². The predicted octanol–water partition coefficient (Wildman–Crippen LogP) is 2.00. The largest absolute Gasteiger partial charge is 0.497 e. The van der Waals surface area contributed by atoms with E-state index >= 15 is 0 Å². The highest BCUT2D eigenvalue weighted by molar-refractivity contribution is 5.78. The van der Waals surface area contributed by atoms with Gasteiger partial charge in [-0.05, 0) is 18.2 Å². The van der Waals surface area contributed by atoms with E-state index in [1.165, 1.54) is 0 Å². The topological polar surface area (TPSA) is 42.0 Å². The van der Waals surface area contributed by atoms with Gasteiger partial charge in [0.15, 0.2) is 0 Å². The van der Waals surface area contributed by atoms with Crippen LogP contribution in [-0.4, -0.2) is 56.1 Å². The normalized spacial score (nSPS) is 16.0. The van der Waals surface area contributed by atoms with Crippen LogP contribution in [0.2, 0.25) is 0 Å². The van der Waals surface area contributed by atoms with E-state index in [1.807, 2.05) is 36.9 Å². The third kappa shape index (κ3) is 3.91. The molecule has 5 heteroatoms. The third-order valence-electron chi connectivity index (χ3n) is 4.06. The lowest BCUT2D eigenvalue weighted by atomic mass is 10.1. The van der Waals surface area contributed by atoms with Crippen LogP contribution in [-0.2, 0) is 11.3 Å². The number of benzene rings is 1. The first-order chi connectivity index (χ1) is 10.5. The van der Waals surface area contributed by atoms with Gasteiger partial charge >= 0.3 is 0 Å². The average molecular weight is 306 g/mol. The van der Waals surface area contributed by atoms with E-state index in [0.29, 0.717) is 0 Å². The van der Waals surface area contributed by atoms with Gasteiger partial charge in [0, 0.05) is 44.2 Å². The molecule has 0 unspecified atom stereocenters. The molecule has 1 aliphatic rings. The monoisotopic (exact) mass is 306 g/mol. The average Bonchev–Trinajstić information content (AvgIpc) is 2.54. The summed E-state index contributed by atoms with van der Waals surface area (Å²) < 4.78 is 10.7. The molecule has 1 fully saturated rings. The number of piperazine rings is 1. The minimum atomic E-state index is 0.0741. The highest BCUT2D eigenvalue weighted by Gasteiger charge is 2.23. The van der Waals surface area contributed by atoms with Gasteiger partial charge in [0.05, 0.1) is 14.2 Å². The first-order valence-electron chi connectivity index (χ1n) is 7.77. The number of carbonyl (C=O) groups is 1. The van der Waals surface area contributed by atoms with Crippen LogP contribution in [0, 0.1) is 5.92 Å². The SMILES string of the molecule is COc1ccc(OC)c(CN2CCN(C(=O)C(C)C)CC2)c1. The number of amides is 1. The van der Waals surface area contributed by atoms with Crippen LogP contribution in [0.25, 0.3) is 0 Å². The Bertz CT molecular complexity index is 509. The zero-order valence-electron chi connectivity index (χ0n) is 14.0. The van der Waals surface area contributed by atoms with Crippen LogP contribution >= 0.6 is 0 Å². The Morgan fingerprint density at radius 2 is 1.82 bits per heavy atom. The van der Waals surface area contributed by atoms with Crippen molar-refractivity contribution in [2.45, 2.75) is 20.4 Å². The van der Waals surface area contributed by atoms with Crippen LogP contribution in [0.15, 0.2) is 18.2 Å². The summed E-state index contributed by atoms with van der Waals surface area (Å²) >= 11 is 0. The summed E-state index contributed by atoms with van der Waals surface area (Å²) in [4.78, 5) is 16.3. The van der Waals surface area contributed by atoms with Gasteiger partial charge in [-0.1, -0.05) is 13.8 Å². The van der Waals surface area contributed by atoms with Gasteiger partial charge in [-0.25, -0.2) is 0 Å². The second kappa shape index (κ2) is 7.49. The van der Waals surface area contributed by atoms with Gasteiger partial charge in [0.25, 0.3) is 0 Å². The molecule has 1 amide bonds. The molecule has 0 N–H and O–H groups in total. The number of ether oxygens (including phenoxy) is 2. The third-order valence-corrected chi connectivity index (χ3v) is 4.06. The molecule has 1 saturated heterocycles. The second-order valence-electron chi connectivity index (χ2n) is 5.93. The fraction of sp³-hybridized carbons (Fsp3) is 0.588. The number of methoxy groups -OCH3 is 2. The lowest BCUT2D eigenvalue weighted by molar-refractivity contribution is -0.136. The number of carbonyl (C=O) groups excluding carboxylic acids is 1. The van der Waals surface area contributed by atoms with Gasteiger partial charge in [0.2, 0.25) is 5.91 Å². The van der Waals surface area contributed by atoms with Crippen LogP contribution in [0.5, 0.6) is 11.5 Å². The van der Waals surface area contributed by atoms with Gasteiger partial charge in [-0.2, -0.15) is 0 Å². The molecule has 0 aliphatic carbocycles. The lowest BCUT2D eigenvalue weighted by Crippen LogP contribution is -2.49. The molecule has 5 nitrogen and oxygen atoms in total. The molecule has 22 heavy (non-hydrogen) atoms. The van der Waals surface area contributed by atoms with Crippen molar-refractivity contribution in [3.63, 3.8) is 0 Å². The standard InChI is InChI=1S/C17H26N2O3/c1-13(2)17(20)19-9-7-18(8-10-19)12-14-11-15(21-3)5-6-16(14)22-4/h5-6,11,13H,7-10,12H2,1-4H3. The van der Waals surface area contributed by atoms with E-state index in [1.54, 1.807) is 14.2 Å². The molecular formula is C17H26N2O3. The summed E-state index contributed by atoms with van der Waals surface area (Å²) in [5, 5.41) is 0. The van der Waals surface area contributed by atoms with Crippen LogP contribution in [0.3, 0.4) is 0 Å². The van der Waals surface area contributed by atoms with Crippen molar-refractivity contribution in [1.29, 1.82) is 0 Å². The van der Waals surface area contributed by atoms with Crippen LogP contribution in [0.4, 0.5) is 0 Å². The van der Waals surface area contributed by atoms with Crippen LogP contribution in [0.1, 0.15) is 19.4 Å². The van der Waals surface area contributed by atoms with Crippen molar-refractivity contribution >= 4 is 5.91 Å². The first kappa shape index (κ1) is 16.6. The predicted molar refractivity (Wildman–Crippen MR) is 86.2 cm³/mol. The zero-order chi connectivity index (χ0) is 16.1. The zero-order valence-corrected chi connectivity index (χ0v) is 14.0. The van der Waals surface area contributed by atoms with Crippen molar-refractivity contribution < 1.29 is 14.3 Å². The Labute approximate surface area is 132 Å². The molecule has 1 aromatic carbocycles. The molecule has 0 spiro atoms. The molecule has 1 heterocycles. The number of hydrogen-bond donors (Lipinski definition) is 0. The van der Waals surface area contributed by atoms with Crippen molar-refractivity contribution in [3.05, 3.63) is 23.8 Å². The molecule has 1 aliphatic heterocycles. The molecule has 0 saturated carbocycles. The summed E-state index contributed by atoms with van der Waals surface area (Å²) in [5.41, 5.74) is 1.12. The van der Waals surface area contributed by atoms with E-state index < -0.39 is 0 Å². The van der Waals surface area contributed by atoms with Crippen molar-refractivity contribution in [3.8, 4) is 11.5 Å². The summed E-state index contributed by atoms with van der Waals surface area (Å²) in [6.45, 7) is 8.08. The highest BCUT2D eigenvalue weighted by Crippen LogP contribution is 2.25. The van der Waals surface area contributed by atoms with E-state index in [9.17, 15) is 4.79 Å². The lowest BCUT2D eigenvalue weighted by Gasteiger charge is -2.35. The maximum Gasteiger partial charge on any atom is 0.225 e.